The minimum Gasteiger partial charge on any atom is -0.0760 e. The van der Waals surface area contributed by atoms with Crippen LogP contribution in [-0.2, 0) is 6.42 Å². The summed E-state index contributed by atoms with van der Waals surface area (Å²) in [5, 5.41) is 2.65. The average molecular weight is 511 g/mol. The molecule has 8 rings (SSSR count). The number of fused-ring (bicyclic) bond motifs is 4. The molecule has 40 heavy (non-hydrogen) atoms. The van der Waals surface area contributed by atoms with Gasteiger partial charge in [0.1, 0.15) is 0 Å². The first-order valence-electron chi connectivity index (χ1n) is 14.4. The second-order valence-corrected chi connectivity index (χ2v) is 11.2. The molecule has 3 aliphatic rings. The first kappa shape index (κ1) is 23.2. The van der Waals surface area contributed by atoms with Gasteiger partial charge in [-0.25, -0.2) is 0 Å². The van der Waals surface area contributed by atoms with Gasteiger partial charge in [0.2, 0.25) is 0 Å². The Balaban J connectivity index is 1.35. The van der Waals surface area contributed by atoms with Crippen molar-refractivity contribution in [2.45, 2.75) is 12.3 Å². The molecule has 0 saturated heterocycles. The fraction of sp³-hybridized carbons (Fsp3) is 0.100. The zero-order valence-corrected chi connectivity index (χ0v) is 22.4. The van der Waals surface area contributed by atoms with Gasteiger partial charge in [-0.2, -0.15) is 0 Å². The lowest BCUT2D eigenvalue weighted by molar-refractivity contribution is 0.639. The lowest BCUT2D eigenvalue weighted by Crippen LogP contribution is -2.25. The van der Waals surface area contributed by atoms with Crippen molar-refractivity contribution >= 4 is 22.4 Å². The van der Waals surface area contributed by atoms with Crippen LogP contribution in [0.4, 0.5) is 0 Å². The second kappa shape index (κ2) is 9.50. The van der Waals surface area contributed by atoms with Gasteiger partial charge in [-0.05, 0) is 79.4 Å². The summed E-state index contributed by atoms with van der Waals surface area (Å²) in [7, 11) is 0. The molecule has 0 amide bonds. The molecule has 5 aromatic rings. The molecule has 3 atom stereocenters. The molecule has 190 valence electrons. The van der Waals surface area contributed by atoms with Crippen LogP contribution >= 0.6 is 0 Å². The quantitative estimate of drug-likeness (QED) is 0.226. The van der Waals surface area contributed by atoms with Crippen LogP contribution in [-0.4, -0.2) is 0 Å². The Labute approximate surface area is 236 Å². The van der Waals surface area contributed by atoms with E-state index in [1.54, 1.807) is 0 Å². The standard InChI is InChI=1S/C40H30/c1-2-12-27(13-3-1)32-25-30-16-6-7-17-33(30)38(26-32)40-36-20-10-8-18-34(36)39(35-19-9-11-21-37(35)40)31-23-22-28-14-4-5-15-29(28)24-31/h1-23,25-26,31,36,40H,24H2. The fourth-order valence-electron chi connectivity index (χ4n) is 7.26. The minimum absolute atomic E-state index is 0.240. The lowest BCUT2D eigenvalue weighted by Gasteiger charge is -2.39. The molecule has 3 aliphatic carbocycles. The van der Waals surface area contributed by atoms with E-state index < -0.39 is 0 Å². The van der Waals surface area contributed by atoms with Gasteiger partial charge in [-0.1, -0.05) is 140 Å². The van der Waals surface area contributed by atoms with Crippen molar-refractivity contribution in [2.75, 3.05) is 0 Å². The van der Waals surface area contributed by atoms with E-state index >= 15 is 0 Å². The van der Waals surface area contributed by atoms with Crippen molar-refractivity contribution < 1.29 is 0 Å². The van der Waals surface area contributed by atoms with Crippen LogP contribution in [0.2, 0.25) is 0 Å². The number of hydrogen-bond acceptors (Lipinski definition) is 0. The van der Waals surface area contributed by atoms with E-state index in [0.717, 1.165) is 6.42 Å². The first-order chi connectivity index (χ1) is 19.8. The summed E-state index contributed by atoms with van der Waals surface area (Å²) in [5.41, 5.74) is 12.6. The summed E-state index contributed by atoms with van der Waals surface area (Å²) >= 11 is 0. The maximum Gasteiger partial charge on any atom is 0.0205 e. The van der Waals surface area contributed by atoms with E-state index in [-0.39, 0.29) is 11.8 Å². The first-order valence-corrected chi connectivity index (χ1v) is 14.4. The Kier molecular flexibility index (Phi) is 5.52. The zero-order valence-electron chi connectivity index (χ0n) is 22.4. The fourth-order valence-corrected chi connectivity index (χ4v) is 7.26. The van der Waals surface area contributed by atoms with Crippen LogP contribution in [0.5, 0.6) is 0 Å². The van der Waals surface area contributed by atoms with E-state index in [1.807, 2.05) is 0 Å². The van der Waals surface area contributed by atoms with Crippen LogP contribution in [0.25, 0.3) is 33.5 Å². The van der Waals surface area contributed by atoms with Crippen molar-refractivity contribution in [3.05, 3.63) is 179 Å². The van der Waals surface area contributed by atoms with Crippen molar-refractivity contribution in [1.29, 1.82) is 0 Å². The number of allylic oxidation sites excluding steroid dienone is 7. The maximum atomic E-state index is 2.46. The third kappa shape index (κ3) is 3.75. The molecule has 0 heteroatoms. The Morgan fingerprint density at radius 1 is 0.575 bits per heavy atom. The Morgan fingerprint density at radius 3 is 2.33 bits per heavy atom. The second-order valence-electron chi connectivity index (χ2n) is 11.2. The molecule has 5 aromatic carbocycles. The van der Waals surface area contributed by atoms with Crippen LogP contribution in [0.1, 0.15) is 33.7 Å². The lowest BCUT2D eigenvalue weighted by atomic mass is 9.64. The molecule has 3 unspecified atom stereocenters. The molecule has 0 aromatic heterocycles. The number of benzene rings is 5. The molecule has 0 fully saturated rings. The van der Waals surface area contributed by atoms with Crippen molar-refractivity contribution in [3.63, 3.8) is 0 Å². The SMILES string of the molecule is C1=CC2=C(C3C=Cc4ccccc4C3)c3ccccc3C(c3cc(-c4ccccc4)cc4ccccc34)C2C=C1. The molecule has 0 N–H and O–H groups in total. The summed E-state index contributed by atoms with van der Waals surface area (Å²) in [6.07, 6.45) is 15.1. The molecular weight excluding hydrogens is 480 g/mol. The van der Waals surface area contributed by atoms with E-state index in [9.17, 15) is 0 Å². The van der Waals surface area contributed by atoms with Crippen LogP contribution < -0.4 is 0 Å². The summed E-state index contributed by atoms with van der Waals surface area (Å²) in [5.74, 6) is 0.887. The molecule has 0 bridgehead atoms. The van der Waals surface area contributed by atoms with Crippen LogP contribution in [0, 0.1) is 11.8 Å². The van der Waals surface area contributed by atoms with Gasteiger partial charge in [0.15, 0.2) is 0 Å². The Morgan fingerprint density at radius 2 is 1.38 bits per heavy atom. The predicted octanol–water partition coefficient (Wildman–Crippen LogP) is 10.0. The smallest absolute Gasteiger partial charge is 0.0205 e. The monoisotopic (exact) mass is 510 g/mol. The molecule has 0 nitrogen and oxygen atoms in total. The number of hydrogen-bond donors (Lipinski definition) is 0. The van der Waals surface area contributed by atoms with Gasteiger partial charge < -0.3 is 0 Å². The molecule has 0 aliphatic heterocycles. The van der Waals surface area contributed by atoms with Crippen molar-refractivity contribution in [3.8, 4) is 11.1 Å². The topological polar surface area (TPSA) is 0 Å². The van der Waals surface area contributed by atoms with Crippen molar-refractivity contribution in [1.82, 2.24) is 0 Å². The highest BCUT2D eigenvalue weighted by Crippen LogP contribution is 2.52. The average Bonchev–Trinajstić information content (AvgIpc) is 3.03. The zero-order chi connectivity index (χ0) is 26.5. The van der Waals surface area contributed by atoms with E-state index in [2.05, 4.69) is 152 Å². The van der Waals surface area contributed by atoms with Crippen molar-refractivity contribution in [2.24, 2.45) is 11.8 Å². The summed E-state index contributed by atoms with van der Waals surface area (Å²) in [6.45, 7) is 0. The van der Waals surface area contributed by atoms with Gasteiger partial charge >= 0.3 is 0 Å². The van der Waals surface area contributed by atoms with E-state index in [0.29, 0.717) is 5.92 Å². The largest absolute Gasteiger partial charge is 0.0760 e. The normalized spacial score (nSPS) is 20.8. The third-order valence-electron chi connectivity index (χ3n) is 9.03. The number of rotatable bonds is 3. The highest BCUT2D eigenvalue weighted by molar-refractivity contribution is 5.93. The summed E-state index contributed by atoms with van der Waals surface area (Å²) < 4.78 is 0. The van der Waals surface area contributed by atoms with Crippen LogP contribution in [0.15, 0.2) is 151 Å². The highest BCUT2D eigenvalue weighted by atomic mass is 14.4. The predicted molar refractivity (Wildman–Crippen MR) is 169 cm³/mol. The minimum atomic E-state index is 0.240. The van der Waals surface area contributed by atoms with E-state index in [1.165, 1.54) is 60.9 Å². The van der Waals surface area contributed by atoms with Gasteiger partial charge in [0.05, 0.1) is 0 Å². The van der Waals surface area contributed by atoms with E-state index in [4.69, 9.17) is 0 Å². The molecule has 0 spiro atoms. The molecule has 0 heterocycles. The third-order valence-corrected chi connectivity index (χ3v) is 9.03. The molecule has 0 saturated carbocycles. The Hall–Kier alpha value is -4.68. The maximum absolute atomic E-state index is 2.46. The van der Waals surface area contributed by atoms with Gasteiger partial charge in [-0.3, -0.25) is 0 Å². The molecular formula is C40H30. The van der Waals surface area contributed by atoms with Gasteiger partial charge in [0, 0.05) is 17.8 Å². The van der Waals surface area contributed by atoms with Crippen LogP contribution in [0.3, 0.4) is 0 Å². The van der Waals surface area contributed by atoms with Gasteiger partial charge in [-0.15, -0.1) is 0 Å². The summed E-state index contributed by atoms with van der Waals surface area (Å²) in [6, 6.07) is 42.6. The molecule has 0 radical (unpaired) electrons. The highest BCUT2D eigenvalue weighted by Gasteiger charge is 2.38. The summed E-state index contributed by atoms with van der Waals surface area (Å²) in [4.78, 5) is 0. The Bertz CT molecular complexity index is 1880. The van der Waals surface area contributed by atoms with Gasteiger partial charge in [0.25, 0.3) is 0 Å².